The van der Waals surface area contributed by atoms with Crippen molar-refractivity contribution in [3.05, 3.63) is 23.3 Å². The van der Waals surface area contributed by atoms with Crippen LogP contribution in [-0.2, 0) is 4.74 Å². The molecule has 0 atom stereocenters. The lowest BCUT2D eigenvalue weighted by molar-refractivity contribution is 0.0378. The van der Waals surface area contributed by atoms with Crippen molar-refractivity contribution >= 4 is 26.7 Å². The number of nitrogens with one attached hydrogen (secondary N) is 1. The second kappa shape index (κ2) is 6.73. The molecule has 1 saturated heterocycles. The molecule has 21 heavy (non-hydrogen) atoms. The third-order valence-corrected chi connectivity index (χ3v) is 5.02. The maximum absolute atomic E-state index is 5.36. The summed E-state index contributed by atoms with van der Waals surface area (Å²) in [6.07, 6.45) is 1.15. The van der Waals surface area contributed by atoms with Crippen LogP contribution in [0.15, 0.2) is 12.1 Å². The molecule has 0 spiro atoms. The van der Waals surface area contributed by atoms with Crippen LogP contribution in [0, 0.1) is 13.8 Å². The third-order valence-electron chi connectivity index (χ3n) is 3.85. The van der Waals surface area contributed by atoms with Gasteiger partial charge in [0.05, 0.1) is 23.4 Å². The summed E-state index contributed by atoms with van der Waals surface area (Å²) in [5, 5.41) is 4.51. The van der Waals surface area contributed by atoms with E-state index in [1.165, 1.54) is 15.8 Å². The molecule has 1 aliphatic heterocycles. The Morgan fingerprint density at radius 3 is 2.90 bits per heavy atom. The van der Waals surface area contributed by atoms with Gasteiger partial charge in [-0.15, -0.1) is 0 Å². The van der Waals surface area contributed by atoms with Crippen molar-refractivity contribution in [1.29, 1.82) is 0 Å². The molecule has 1 aromatic heterocycles. The number of morpholine rings is 1. The van der Waals surface area contributed by atoms with E-state index < -0.39 is 0 Å². The summed E-state index contributed by atoms with van der Waals surface area (Å²) < 4.78 is 6.67. The van der Waals surface area contributed by atoms with Gasteiger partial charge >= 0.3 is 0 Å². The van der Waals surface area contributed by atoms with E-state index in [1.807, 2.05) is 0 Å². The summed E-state index contributed by atoms with van der Waals surface area (Å²) in [6, 6.07) is 4.39. The number of rotatable bonds is 5. The Morgan fingerprint density at radius 2 is 2.10 bits per heavy atom. The fourth-order valence-corrected chi connectivity index (χ4v) is 3.72. The largest absolute Gasteiger partial charge is 0.379 e. The first-order chi connectivity index (χ1) is 10.2. The molecule has 5 heteroatoms. The lowest BCUT2D eigenvalue weighted by Gasteiger charge is -2.26. The van der Waals surface area contributed by atoms with Gasteiger partial charge in [0, 0.05) is 19.6 Å². The molecule has 4 nitrogen and oxygen atoms in total. The Balaban J connectivity index is 1.52. The highest BCUT2D eigenvalue weighted by Crippen LogP contribution is 2.29. The standard InChI is InChI=1S/C16H23N3OS/c1-12-10-13(2)15-14(11-12)18-16(21-15)17-4-3-5-19-6-8-20-9-7-19/h10-11H,3-9H2,1-2H3,(H,17,18). The Hall–Kier alpha value is -1.17. The summed E-state index contributed by atoms with van der Waals surface area (Å²) in [7, 11) is 0. The maximum Gasteiger partial charge on any atom is 0.183 e. The second-order valence-electron chi connectivity index (χ2n) is 5.68. The molecule has 0 aliphatic carbocycles. The zero-order valence-corrected chi connectivity index (χ0v) is 13.6. The van der Waals surface area contributed by atoms with Gasteiger partial charge in [-0.1, -0.05) is 17.4 Å². The van der Waals surface area contributed by atoms with E-state index in [0.29, 0.717) is 0 Å². The van der Waals surface area contributed by atoms with Gasteiger partial charge in [-0.3, -0.25) is 4.90 Å². The average Bonchev–Trinajstić information content (AvgIpc) is 2.88. The number of benzene rings is 1. The van der Waals surface area contributed by atoms with Crippen LogP contribution in [0.3, 0.4) is 0 Å². The van der Waals surface area contributed by atoms with Crippen molar-refractivity contribution in [3.8, 4) is 0 Å². The van der Waals surface area contributed by atoms with Crippen LogP contribution in [0.5, 0.6) is 0 Å². The monoisotopic (exact) mass is 305 g/mol. The van der Waals surface area contributed by atoms with E-state index in [2.05, 4.69) is 36.2 Å². The highest BCUT2D eigenvalue weighted by Gasteiger charge is 2.10. The SMILES string of the molecule is Cc1cc(C)c2sc(NCCCN3CCOCC3)nc2c1. The van der Waals surface area contributed by atoms with Crippen LogP contribution in [-0.4, -0.2) is 49.3 Å². The maximum atomic E-state index is 5.36. The number of aryl methyl sites for hydroxylation is 2. The van der Waals surface area contributed by atoms with Gasteiger partial charge in [0.25, 0.3) is 0 Å². The molecule has 1 aromatic carbocycles. The highest BCUT2D eigenvalue weighted by atomic mass is 32.1. The van der Waals surface area contributed by atoms with Gasteiger partial charge in [-0.2, -0.15) is 0 Å². The molecule has 1 N–H and O–H groups in total. The first-order valence-corrected chi connectivity index (χ1v) is 8.46. The Morgan fingerprint density at radius 1 is 1.29 bits per heavy atom. The van der Waals surface area contributed by atoms with Crippen molar-refractivity contribution in [2.75, 3.05) is 44.7 Å². The van der Waals surface area contributed by atoms with Crippen LogP contribution < -0.4 is 5.32 Å². The normalized spacial score (nSPS) is 16.5. The number of nitrogens with zero attached hydrogens (tertiary/aromatic N) is 2. The molecule has 0 radical (unpaired) electrons. The van der Waals surface area contributed by atoms with Gasteiger partial charge in [-0.05, 0) is 44.0 Å². The quantitative estimate of drug-likeness (QED) is 0.862. The van der Waals surface area contributed by atoms with E-state index in [4.69, 9.17) is 9.72 Å². The Bertz CT molecular complexity index is 605. The van der Waals surface area contributed by atoms with Gasteiger partial charge in [0.15, 0.2) is 5.13 Å². The third kappa shape index (κ3) is 3.73. The fraction of sp³-hybridized carbons (Fsp3) is 0.562. The highest BCUT2D eigenvalue weighted by molar-refractivity contribution is 7.22. The number of hydrogen-bond donors (Lipinski definition) is 1. The molecule has 2 aromatic rings. The van der Waals surface area contributed by atoms with Crippen molar-refractivity contribution in [1.82, 2.24) is 9.88 Å². The molecule has 2 heterocycles. The predicted molar refractivity (Wildman–Crippen MR) is 89.5 cm³/mol. The van der Waals surface area contributed by atoms with E-state index in [-0.39, 0.29) is 0 Å². The molecule has 0 unspecified atom stereocenters. The zero-order valence-electron chi connectivity index (χ0n) is 12.8. The number of hydrogen-bond acceptors (Lipinski definition) is 5. The molecule has 3 rings (SSSR count). The van der Waals surface area contributed by atoms with Crippen LogP contribution in [0.25, 0.3) is 10.2 Å². The van der Waals surface area contributed by atoms with Crippen LogP contribution >= 0.6 is 11.3 Å². The van der Waals surface area contributed by atoms with E-state index in [9.17, 15) is 0 Å². The average molecular weight is 305 g/mol. The number of fused-ring (bicyclic) bond motifs is 1. The molecular weight excluding hydrogens is 282 g/mol. The van der Waals surface area contributed by atoms with Gasteiger partial charge < -0.3 is 10.1 Å². The van der Waals surface area contributed by atoms with Gasteiger partial charge in [0.2, 0.25) is 0 Å². The van der Waals surface area contributed by atoms with Crippen LogP contribution in [0.2, 0.25) is 0 Å². The lowest BCUT2D eigenvalue weighted by Crippen LogP contribution is -2.37. The topological polar surface area (TPSA) is 37.4 Å². The number of aromatic nitrogens is 1. The number of thiazole rings is 1. The summed E-state index contributed by atoms with van der Waals surface area (Å²) in [4.78, 5) is 7.16. The zero-order chi connectivity index (χ0) is 14.7. The second-order valence-corrected chi connectivity index (χ2v) is 6.68. The van der Waals surface area contributed by atoms with Gasteiger partial charge in [0.1, 0.15) is 0 Å². The van der Waals surface area contributed by atoms with Crippen molar-refractivity contribution < 1.29 is 4.74 Å². The van der Waals surface area contributed by atoms with Crippen LogP contribution in [0.4, 0.5) is 5.13 Å². The first kappa shape index (κ1) is 14.8. The minimum absolute atomic E-state index is 0.879. The smallest absolute Gasteiger partial charge is 0.183 e. The summed E-state index contributed by atoms with van der Waals surface area (Å²) in [5.74, 6) is 0. The van der Waals surface area contributed by atoms with Gasteiger partial charge in [-0.25, -0.2) is 4.98 Å². The fourth-order valence-electron chi connectivity index (χ4n) is 2.78. The summed E-state index contributed by atoms with van der Waals surface area (Å²) >= 11 is 1.76. The van der Waals surface area contributed by atoms with Crippen molar-refractivity contribution in [2.45, 2.75) is 20.3 Å². The molecule has 0 bridgehead atoms. The number of anilines is 1. The van der Waals surface area contributed by atoms with E-state index in [0.717, 1.165) is 56.5 Å². The Labute approximate surface area is 130 Å². The Kier molecular flexibility index (Phi) is 4.73. The molecular formula is C16H23N3OS. The molecule has 0 saturated carbocycles. The van der Waals surface area contributed by atoms with Crippen molar-refractivity contribution in [3.63, 3.8) is 0 Å². The van der Waals surface area contributed by atoms with E-state index in [1.54, 1.807) is 11.3 Å². The number of ether oxygens (including phenoxy) is 1. The predicted octanol–water partition coefficient (Wildman–Crippen LogP) is 3.05. The molecule has 0 amide bonds. The first-order valence-electron chi connectivity index (χ1n) is 7.64. The lowest BCUT2D eigenvalue weighted by atomic mass is 10.1. The van der Waals surface area contributed by atoms with E-state index >= 15 is 0 Å². The molecule has 114 valence electrons. The molecule has 1 fully saturated rings. The van der Waals surface area contributed by atoms with Crippen molar-refractivity contribution in [2.24, 2.45) is 0 Å². The molecule has 1 aliphatic rings. The van der Waals surface area contributed by atoms with Crippen LogP contribution in [0.1, 0.15) is 17.5 Å². The minimum atomic E-state index is 0.879. The minimum Gasteiger partial charge on any atom is -0.379 e. The summed E-state index contributed by atoms with van der Waals surface area (Å²) in [6.45, 7) is 10.3. The summed E-state index contributed by atoms with van der Waals surface area (Å²) in [5.41, 5.74) is 3.72.